The molecule has 0 spiro atoms. The minimum Gasteiger partial charge on any atom is -0.454 e. The molecule has 0 aliphatic carbocycles. The quantitative estimate of drug-likeness (QED) is 0.133. The number of ether oxygens (including phenoxy) is 1. The van der Waals surface area contributed by atoms with Crippen molar-refractivity contribution in [2.24, 2.45) is 0 Å². The molecule has 0 saturated heterocycles. The Labute approximate surface area is 231 Å². The summed E-state index contributed by atoms with van der Waals surface area (Å²) in [6, 6.07) is 12.6. The number of H-pyrrole nitrogens is 2. The lowest BCUT2D eigenvalue weighted by atomic mass is 9.94. The normalized spacial score (nSPS) is 12.3. The van der Waals surface area contributed by atoms with Gasteiger partial charge in [-0.25, -0.2) is 18.2 Å². The van der Waals surface area contributed by atoms with Gasteiger partial charge in [0.25, 0.3) is 0 Å². The summed E-state index contributed by atoms with van der Waals surface area (Å²) in [6.07, 6.45) is 5.30. The maximum atomic E-state index is 15.2. The number of halogens is 3. The second kappa shape index (κ2) is 11.7. The smallest absolute Gasteiger partial charge is 0.168 e. The molecule has 0 aliphatic rings. The molecule has 0 bridgehead atoms. The second-order valence-corrected chi connectivity index (χ2v) is 12.5. The monoisotopic (exact) mass is 563 g/mol. The fourth-order valence-electron chi connectivity index (χ4n) is 4.88. The first-order valence-corrected chi connectivity index (χ1v) is 15.4. The maximum Gasteiger partial charge on any atom is 0.168 e. The molecule has 3 aromatic carbocycles. The van der Waals surface area contributed by atoms with E-state index >= 15 is 8.78 Å². The van der Waals surface area contributed by atoms with Crippen molar-refractivity contribution in [1.29, 1.82) is 0 Å². The van der Waals surface area contributed by atoms with Gasteiger partial charge in [0.15, 0.2) is 11.6 Å². The molecular formula is C31H29F3N3O2P. The van der Waals surface area contributed by atoms with Gasteiger partial charge >= 0.3 is 0 Å². The van der Waals surface area contributed by atoms with Gasteiger partial charge in [-0.2, -0.15) is 0 Å². The Hall–Kier alpha value is -3.90. The van der Waals surface area contributed by atoms with Gasteiger partial charge in [0.2, 0.25) is 0 Å². The molecule has 2 heterocycles. The molecule has 5 rings (SSSR count). The van der Waals surface area contributed by atoms with Crippen LogP contribution in [-0.2, 0) is 17.4 Å². The van der Waals surface area contributed by atoms with E-state index in [-0.39, 0.29) is 35.1 Å². The zero-order valence-corrected chi connectivity index (χ0v) is 23.3. The molecule has 9 heteroatoms. The molecule has 206 valence electrons. The van der Waals surface area contributed by atoms with Gasteiger partial charge in [0.1, 0.15) is 29.5 Å². The third-order valence-electron chi connectivity index (χ3n) is 6.92. The van der Waals surface area contributed by atoms with Crippen LogP contribution in [0.3, 0.4) is 0 Å². The van der Waals surface area contributed by atoms with Crippen molar-refractivity contribution in [3.8, 4) is 22.9 Å². The lowest BCUT2D eigenvalue weighted by Crippen LogP contribution is -2.03. The average Bonchev–Trinajstić information content (AvgIpc) is 3.60. The molecule has 5 aromatic rings. The number of benzene rings is 3. The molecule has 5 nitrogen and oxygen atoms in total. The Kier molecular flexibility index (Phi) is 8.08. The summed E-state index contributed by atoms with van der Waals surface area (Å²) in [5.74, 6) is -1.16. The minimum absolute atomic E-state index is 0.125. The van der Waals surface area contributed by atoms with E-state index in [1.54, 1.807) is 30.6 Å². The summed E-state index contributed by atoms with van der Waals surface area (Å²) in [6.45, 7) is 6.05. The molecule has 0 aliphatic heterocycles. The van der Waals surface area contributed by atoms with E-state index in [1.807, 2.05) is 13.0 Å². The molecule has 40 heavy (non-hydrogen) atoms. The van der Waals surface area contributed by atoms with Gasteiger partial charge in [-0.05, 0) is 61.3 Å². The van der Waals surface area contributed by atoms with Crippen molar-refractivity contribution in [3.05, 3.63) is 101 Å². The van der Waals surface area contributed by atoms with E-state index in [0.717, 1.165) is 17.2 Å². The molecule has 0 amide bonds. The first-order chi connectivity index (χ1) is 19.3. The lowest BCUT2D eigenvalue weighted by Gasteiger charge is -2.16. The van der Waals surface area contributed by atoms with Crippen LogP contribution < -0.4 is 4.74 Å². The van der Waals surface area contributed by atoms with Crippen LogP contribution in [0.1, 0.15) is 41.6 Å². The van der Waals surface area contributed by atoms with Crippen LogP contribution in [0.4, 0.5) is 13.2 Å². The first-order valence-electron chi connectivity index (χ1n) is 12.9. The number of aldehydes is 1. The number of aromatic nitrogens is 3. The lowest BCUT2D eigenvalue weighted by molar-refractivity contribution is -0.107. The van der Waals surface area contributed by atoms with Gasteiger partial charge in [-0.15, -0.1) is 7.92 Å². The van der Waals surface area contributed by atoms with Crippen LogP contribution in [0.2, 0.25) is 0 Å². The number of aryl methyl sites for hydroxylation is 1. The first kappa shape index (κ1) is 27.7. The van der Waals surface area contributed by atoms with Crippen molar-refractivity contribution in [1.82, 2.24) is 15.0 Å². The fraction of sp³-hybridized carbons (Fsp3) is 0.226. The average molecular weight is 564 g/mol. The van der Waals surface area contributed by atoms with Gasteiger partial charge in [-0.1, -0.05) is 25.1 Å². The van der Waals surface area contributed by atoms with Crippen molar-refractivity contribution in [2.45, 2.75) is 31.8 Å². The van der Waals surface area contributed by atoms with Crippen LogP contribution in [0.25, 0.3) is 22.3 Å². The summed E-state index contributed by atoms with van der Waals surface area (Å²) in [7, 11) is -0.390. The van der Waals surface area contributed by atoms with Gasteiger partial charge in [0.05, 0.1) is 5.56 Å². The van der Waals surface area contributed by atoms with Crippen molar-refractivity contribution < 1.29 is 22.7 Å². The van der Waals surface area contributed by atoms with Crippen LogP contribution in [0, 0.1) is 17.5 Å². The number of fused-ring (bicyclic) bond motifs is 1. The van der Waals surface area contributed by atoms with E-state index in [0.29, 0.717) is 34.9 Å². The zero-order valence-electron chi connectivity index (χ0n) is 22.4. The second-order valence-electron chi connectivity index (χ2n) is 10.0. The van der Waals surface area contributed by atoms with Crippen LogP contribution in [0.5, 0.6) is 11.5 Å². The highest BCUT2D eigenvalue weighted by molar-refractivity contribution is 7.55. The Morgan fingerprint density at radius 1 is 1.07 bits per heavy atom. The number of imidazole rings is 1. The van der Waals surface area contributed by atoms with Crippen molar-refractivity contribution >= 4 is 25.1 Å². The predicted octanol–water partition coefficient (Wildman–Crippen LogP) is 8.29. The zero-order chi connectivity index (χ0) is 28.4. The SMILES string of the molecule is CC(c1cnc(-c2cc(Oc3c(F)cc4[nH]ccc4c3CP(C)C)ccc2F)[nH]1)c1cccc(CCC=O)c1F. The molecular weight excluding hydrogens is 534 g/mol. The highest BCUT2D eigenvalue weighted by Gasteiger charge is 2.21. The summed E-state index contributed by atoms with van der Waals surface area (Å²) in [5, 5.41) is 0.891. The Morgan fingerprint density at radius 3 is 2.67 bits per heavy atom. The molecule has 0 fully saturated rings. The maximum absolute atomic E-state index is 15.2. The number of rotatable bonds is 10. The van der Waals surface area contributed by atoms with Crippen molar-refractivity contribution in [3.63, 3.8) is 0 Å². The topological polar surface area (TPSA) is 70.8 Å². The molecule has 0 saturated carbocycles. The Bertz CT molecular complexity index is 1680. The van der Waals surface area contributed by atoms with E-state index in [2.05, 4.69) is 28.3 Å². The summed E-state index contributed by atoms with van der Waals surface area (Å²) >= 11 is 0. The summed E-state index contributed by atoms with van der Waals surface area (Å²) < 4.78 is 51.4. The number of nitrogens with one attached hydrogen (secondary N) is 2. The van der Waals surface area contributed by atoms with E-state index in [4.69, 9.17) is 4.74 Å². The third-order valence-corrected chi connectivity index (χ3v) is 7.87. The fourth-order valence-corrected chi connectivity index (χ4v) is 5.82. The molecule has 2 N–H and O–H groups in total. The molecule has 0 radical (unpaired) electrons. The molecule has 1 atom stereocenters. The van der Waals surface area contributed by atoms with E-state index in [9.17, 15) is 9.18 Å². The molecule has 1 unspecified atom stereocenters. The number of carbonyl (C=O) groups excluding carboxylic acids is 1. The Morgan fingerprint density at radius 2 is 1.90 bits per heavy atom. The third kappa shape index (κ3) is 5.54. The highest BCUT2D eigenvalue weighted by Crippen LogP contribution is 2.42. The Balaban J connectivity index is 1.46. The number of hydrogen-bond acceptors (Lipinski definition) is 3. The number of carbonyl (C=O) groups is 1. The van der Waals surface area contributed by atoms with E-state index < -0.39 is 25.5 Å². The van der Waals surface area contributed by atoms with Gasteiger partial charge in [-0.3, -0.25) is 0 Å². The largest absolute Gasteiger partial charge is 0.454 e. The van der Waals surface area contributed by atoms with Gasteiger partial charge < -0.3 is 19.5 Å². The van der Waals surface area contributed by atoms with Crippen LogP contribution >= 0.6 is 7.92 Å². The van der Waals surface area contributed by atoms with Crippen molar-refractivity contribution in [2.75, 3.05) is 13.3 Å². The predicted molar refractivity (Wildman–Crippen MR) is 153 cm³/mol. The highest BCUT2D eigenvalue weighted by atomic mass is 31.1. The van der Waals surface area contributed by atoms with Crippen LogP contribution in [-0.4, -0.2) is 34.6 Å². The summed E-state index contributed by atoms with van der Waals surface area (Å²) in [4.78, 5) is 21.3. The standard InChI is InChI=1S/C31H29F3N3O2P/c1-18(21-8-4-6-19(29(21)34)7-5-13-38)28-16-36-31(37-28)23-14-20(9-10-25(23)32)39-30-24(17-40(2)3)22-11-12-35-27(22)15-26(30)33/h4,6,8-16,18,35H,5,7,17H2,1-3H3,(H,36,37). The van der Waals surface area contributed by atoms with E-state index in [1.165, 1.54) is 24.3 Å². The van der Waals surface area contributed by atoms with Gasteiger partial charge in [0, 0.05) is 53.0 Å². The number of hydrogen-bond donors (Lipinski definition) is 2. The number of aromatic amines is 2. The minimum atomic E-state index is -0.532. The van der Waals surface area contributed by atoms with Crippen LogP contribution in [0.15, 0.2) is 60.9 Å². The summed E-state index contributed by atoms with van der Waals surface area (Å²) in [5.41, 5.74) is 3.12. The molecule has 2 aromatic heterocycles. The number of nitrogens with zero attached hydrogens (tertiary/aromatic N) is 1.